The van der Waals surface area contributed by atoms with Crippen molar-refractivity contribution in [1.29, 1.82) is 0 Å². The summed E-state index contributed by atoms with van der Waals surface area (Å²) in [4.78, 5) is 8.82. The number of halogens is 4. The van der Waals surface area contributed by atoms with Crippen molar-refractivity contribution >= 4 is 10.8 Å². The van der Waals surface area contributed by atoms with Gasteiger partial charge in [-0.1, -0.05) is 69.0 Å². The summed E-state index contributed by atoms with van der Waals surface area (Å²) < 4.78 is 61.8. The molecule has 4 nitrogen and oxygen atoms in total. The molecule has 0 atom stereocenters. The van der Waals surface area contributed by atoms with E-state index in [1.807, 2.05) is 12.1 Å². The van der Waals surface area contributed by atoms with E-state index < -0.39 is 6.36 Å². The molecule has 0 aliphatic rings. The van der Waals surface area contributed by atoms with E-state index in [0.717, 1.165) is 29.4 Å². The molecule has 4 rings (SSSR count). The monoisotopic (exact) mass is 526 g/mol. The minimum Gasteiger partial charge on any atom is -0.490 e. The average Bonchev–Trinajstić information content (AvgIpc) is 2.90. The van der Waals surface area contributed by atoms with Crippen LogP contribution in [0.1, 0.15) is 50.2 Å². The zero-order valence-corrected chi connectivity index (χ0v) is 21.2. The summed E-state index contributed by atoms with van der Waals surface area (Å²) in [5.74, 6) is 0.570. The second kappa shape index (κ2) is 12.7. The van der Waals surface area contributed by atoms with E-state index in [1.165, 1.54) is 31.4 Å². The summed E-state index contributed by atoms with van der Waals surface area (Å²) in [6.45, 7) is 2.83. The first-order valence-corrected chi connectivity index (χ1v) is 12.8. The highest BCUT2D eigenvalue weighted by Crippen LogP contribution is 2.28. The first kappa shape index (κ1) is 27.4. The molecule has 0 saturated carbocycles. The number of fused-ring (bicyclic) bond motifs is 1. The number of unbranched alkanes of at least 4 members (excludes halogenated alkanes) is 4. The van der Waals surface area contributed by atoms with Crippen molar-refractivity contribution in [3.63, 3.8) is 0 Å². The van der Waals surface area contributed by atoms with Crippen molar-refractivity contribution in [3.05, 3.63) is 83.9 Å². The van der Waals surface area contributed by atoms with E-state index in [9.17, 15) is 13.2 Å². The Morgan fingerprint density at radius 1 is 0.789 bits per heavy atom. The van der Waals surface area contributed by atoms with Crippen LogP contribution in [0.4, 0.5) is 17.6 Å². The predicted molar refractivity (Wildman–Crippen MR) is 140 cm³/mol. The molecule has 0 unspecified atom stereocenters. The highest BCUT2D eigenvalue weighted by molar-refractivity contribution is 5.87. The third-order valence-electron chi connectivity index (χ3n) is 6.28. The van der Waals surface area contributed by atoms with Crippen LogP contribution in [-0.4, -0.2) is 22.9 Å². The van der Waals surface area contributed by atoms with E-state index in [2.05, 4.69) is 21.6 Å². The van der Waals surface area contributed by atoms with Crippen molar-refractivity contribution in [3.8, 4) is 22.9 Å². The molecule has 1 aromatic heterocycles. The van der Waals surface area contributed by atoms with Gasteiger partial charge in [0.2, 0.25) is 0 Å². The number of alkyl halides is 3. The first-order chi connectivity index (χ1) is 18.3. The highest BCUT2D eigenvalue weighted by Gasteiger charge is 2.30. The third kappa shape index (κ3) is 7.66. The summed E-state index contributed by atoms with van der Waals surface area (Å²) in [6.07, 6.45) is 5.30. The van der Waals surface area contributed by atoms with E-state index in [0.29, 0.717) is 42.0 Å². The number of rotatable bonds is 12. The molecule has 38 heavy (non-hydrogen) atoms. The van der Waals surface area contributed by atoms with Gasteiger partial charge in [-0.2, -0.15) is 0 Å². The van der Waals surface area contributed by atoms with E-state index in [-0.39, 0.29) is 11.6 Å². The lowest BCUT2D eigenvalue weighted by Crippen LogP contribution is -2.17. The Bertz CT molecular complexity index is 1320. The molecule has 1 heterocycles. The molecule has 4 aromatic rings. The molecule has 0 bridgehead atoms. The minimum atomic E-state index is -4.73. The Morgan fingerprint density at radius 3 is 2.24 bits per heavy atom. The summed E-state index contributed by atoms with van der Waals surface area (Å²) in [7, 11) is 0. The van der Waals surface area contributed by atoms with Crippen molar-refractivity contribution in [2.24, 2.45) is 0 Å². The molecule has 0 fully saturated rings. The van der Waals surface area contributed by atoms with E-state index >= 15 is 4.39 Å². The smallest absolute Gasteiger partial charge is 0.490 e. The molecule has 0 saturated heterocycles. The number of hydrogen-bond acceptors (Lipinski definition) is 4. The Kier molecular flexibility index (Phi) is 9.15. The summed E-state index contributed by atoms with van der Waals surface area (Å²) in [5.41, 5.74) is 2.10. The lowest BCUT2D eigenvalue weighted by atomic mass is 9.99. The number of aryl methyl sites for hydroxylation is 2. The largest absolute Gasteiger partial charge is 0.573 e. The van der Waals surface area contributed by atoms with Gasteiger partial charge in [0.25, 0.3) is 0 Å². The molecule has 3 aromatic carbocycles. The van der Waals surface area contributed by atoms with Crippen molar-refractivity contribution in [2.45, 2.75) is 58.2 Å². The molecule has 8 heteroatoms. The molecule has 200 valence electrons. The van der Waals surface area contributed by atoms with Crippen molar-refractivity contribution in [2.75, 3.05) is 6.61 Å². The van der Waals surface area contributed by atoms with Crippen LogP contribution < -0.4 is 9.47 Å². The van der Waals surface area contributed by atoms with Gasteiger partial charge in [0.1, 0.15) is 11.6 Å². The number of nitrogens with zero attached hydrogens (tertiary/aromatic N) is 2. The van der Waals surface area contributed by atoms with Gasteiger partial charge in [-0.05, 0) is 54.0 Å². The van der Waals surface area contributed by atoms with Gasteiger partial charge in [0.15, 0.2) is 11.6 Å². The molecule has 0 N–H and O–H groups in total. The fourth-order valence-corrected chi connectivity index (χ4v) is 4.24. The van der Waals surface area contributed by atoms with Crippen molar-refractivity contribution < 1.29 is 27.0 Å². The Hall–Kier alpha value is -3.68. The Balaban J connectivity index is 1.37. The van der Waals surface area contributed by atoms with Gasteiger partial charge in [-0.15, -0.1) is 13.2 Å². The average molecular weight is 527 g/mol. The number of hydrogen-bond donors (Lipinski definition) is 0. The molecule has 0 aliphatic heterocycles. The van der Waals surface area contributed by atoms with Gasteiger partial charge in [0.05, 0.1) is 19.0 Å². The van der Waals surface area contributed by atoms with Gasteiger partial charge in [-0.3, -0.25) is 0 Å². The Labute approximate surface area is 219 Å². The second-order valence-corrected chi connectivity index (χ2v) is 9.17. The fraction of sp³-hybridized carbons (Fsp3) is 0.333. The van der Waals surface area contributed by atoms with Gasteiger partial charge < -0.3 is 9.47 Å². The number of aromatic nitrogens is 2. The molecular formula is C30H30F4N2O2. The molecule has 0 radical (unpaired) electrons. The van der Waals surface area contributed by atoms with Crippen LogP contribution in [-0.2, 0) is 12.8 Å². The maximum absolute atomic E-state index is 15.2. The summed E-state index contributed by atoms with van der Waals surface area (Å²) in [5, 5.41) is 1.22. The maximum Gasteiger partial charge on any atom is 0.573 e. The SMILES string of the molecule is CCCCCCCOc1cnc(-c2ccc3c(F)c(CCc4ccc(OC(F)(F)F)cc4)ccc3c2)nc1. The van der Waals surface area contributed by atoms with Crippen LogP contribution in [0.5, 0.6) is 11.5 Å². The lowest BCUT2D eigenvalue weighted by molar-refractivity contribution is -0.274. The van der Waals surface area contributed by atoms with Crippen molar-refractivity contribution in [1.82, 2.24) is 9.97 Å². The number of benzene rings is 3. The van der Waals surface area contributed by atoms with Crippen LogP contribution >= 0.6 is 0 Å². The topological polar surface area (TPSA) is 44.2 Å². The predicted octanol–water partition coefficient (Wildman–Crippen LogP) is 8.47. The van der Waals surface area contributed by atoms with Crippen LogP contribution in [0.3, 0.4) is 0 Å². The zero-order valence-electron chi connectivity index (χ0n) is 21.2. The molecular weight excluding hydrogens is 496 g/mol. The van der Waals surface area contributed by atoms with Crippen LogP contribution in [0.25, 0.3) is 22.2 Å². The van der Waals surface area contributed by atoms with Gasteiger partial charge in [-0.25, -0.2) is 14.4 Å². The zero-order chi connectivity index (χ0) is 27.0. The third-order valence-corrected chi connectivity index (χ3v) is 6.28. The maximum atomic E-state index is 15.2. The lowest BCUT2D eigenvalue weighted by Gasteiger charge is -2.10. The first-order valence-electron chi connectivity index (χ1n) is 12.8. The summed E-state index contributed by atoms with van der Waals surface area (Å²) >= 11 is 0. The van der Waals surface area contributed by atoms with Crippen LogP contribution in [0.15, 0.2) is 67.0 Å². The quantitative estimate of drug-likeness (QED) is 0.137. The number of ether oxygens (including phenoxy) is 2. The normalized spacial score (nSPS) is 11.6. The molecule has 0 aliphatic carbocycles. The van der Waals surface area contributed by atoms with E-state index in [4.69, 9.17) is 4.74 Å². The van der Waals surface area contributed by atoms with E-state index in [1.54, 1.807) is 42.7 Å². The molecule has 0 spiro atoms. The van der Waals surface area contributed by atoms with Crippen LogP contribution in [0, 0.1) is 5.82 Å². The highest BCUT2D eigenvalue weighted by atomic mass is 19.4. The minimum absolute atomic E-state index is 0.280. The fourth-order valence-electron chi connectivity index (χ4n) is 4.24. The second-order valence-electron chi connectivity index (χ2n) is 9.17. The Morgan fingerprint density at radius 2 is 1.53 bits per heavy atom. The standard InChI is InChI=1S/C30H30F4N2O2/c1-2-3-4-5-6-17-37-26-19-35-29(36-20-26)24-13-16-27-23(18-24)12-11-22(28(27)31)10-7-21-8-14-25(15-9-21)38-30(32,33)34/h8-9,11-16,18-20H,2-7,10,17H2,1H3. The van der Waals surface area contributed by atoms with Gasteiger partial charge >= 0.3 is 6.36 Å². The molecule has 0 amide bonds. The van der Waals surface area contributed by atoms with Gasteiger partial charge in [0, 0.05) is 10.9 Å². The van der Waals surface area contributed by atoms with Crippen LogP contribution in [0.2, 0.25) is 0 Å². The summed E-state index contributed by atoms with van der Waals surface area (Å²) in [6, 6.07) is 14.6.